The molecule has 6 heteroatoms. The summed E-state index contributed by atoms with van der Waals surface area (Å²) >= 11 is 0. The van der Waals surface area contributed by atoms with Gasteiger partial charge in [0.2, 0.25) is 0 Å². The van der Waals surface area contributed by atoms with E-state index < -0.39 is 0 Å². The normalized spacial score (nSPS) is 15.5. The number of aromatic amines is 1. The Kier molecular flexibility index (Phi) is 4.50. The van der Waals surface area contributed by atoms with Gasteiger partial charge in [0.1, 0.15) is 0 Å². The van der Waals surface area contributed by atoms with E-state index >= 15 is 0 Å². The van der Waals surface area contributed by atoms with E-state index in [1.54, 1.807) is 0 Å². The second kappa shape index (κ2) is 7.20. The molecule has 1 aliphatic heterocycles. The molecule has 0 atom stereocenters. The molecule has 0 saturated carbocycles. The molecule has 30 heavy (non-hydrogen) atoms. The summed E-state index contributed by atoms with van der Waals surface area (Å²) in [7, 11) is 0. The highest BCUT2D eigenvalue weighted by molar-refractivity contribution is 6.07. The Morgan fingerprint density at radius 1 is 1.00 bits per heavy atom. The lowest BCUT2D eigenvalue weighted by atomic mass is 10.0. The van der Waals surface area contributed by atoms with Gasteiger partial charge in [-0.05, 0) is 44.9 Å². The number of carbonyl (C=O) groups excluding carboxylic acids is 1. The van der Waals surface area contributed by atoms with Gasteiger partial charge in [-0.1, -0.05) is 30.3 Å². The van der Waals surface area contributed by atoms with Crippen LogP contribution in [0.15, 0.2) is 59.5 Å². The lowest BCUT2D eigenvalue weighted by molar-refractivity contribution is 0.0696. The summed E-state index contributed by atoms with van der Waals surface area (Å²) in [6, 6.07) is 16.3. The first-order valence-electron chi connectivity index (χ1n) is 10.6. The summed E-state index contributed by atoms with van der Waals surface area (Å²) in [6.07, 6.45) is 3.54. The minimum Gasteiger partial charge on any atom is -0.344 e. The van der Waals surface area contributed by atoms with E-state index in [1.807, 2.05) is 58.1 Å². The number of benzene rings is 2. The van der Waals surface area contributed by atoms with E-state index in [0.29, 0.717) is 13.1 Å². The van der Waals surface area contributed by atoms with Crippen molar-refractivity contribution in [3.63, 3.8) is 0 Å². The van der Waals surface area contributed by atoms with E-state index in [4.69, 9.17) is 0 Å². The topological polar surface area (TPSA) is 63.0 Å². The van der Waals surface area contributed by atoms with Crippen molar-refractivity contribution in [1.82, 2.24) is 19.0 Å². The molecular weight excluding hydrogens is 376 g/mol. The SMILES string of the molecule is CC(C)n1cc(C(=O)N2CCC(n3c(=O)[nH]c4ccccc43)CC2)c2ccccc21. The van der Waals surface area contributed by atoms with Crippen LogP contribution in [0.1, 0.15) is 49.1 Å². The summed E-state index contributed by atoms with van der Waals surface area (Å²) < 4.78 is 4.03. The molecule has 1 amide bonds. The van der Waals surface area contributed by atoms with Gasteiger partial charge in [0.15, 0.2) is 0 Å². The largest absolute Gasteiger partial charge is 0.344 e. The summed E-state index contributed by atoms with van der Waals surface area (Å²) in [6.45, 7) is 5.56. The summed E-state index contributed by atoms with van der Waals surface area (Å²) in [5.41, 5.74) is 3.59. The molecule has 1 fully saturated rings. The third-order valence-electron chi connectivity index (χ3n) is 6.27. The molecule has 154 valence electrons. The second-order valence-electron chi connectivity index (χ2n) is 8.40. The fourth-order valence-corrected chi connectivity index (χ4v) is 4.74. The zero-order chi connectivity index (χ0) is 20.8. The third kappa shape index (κ3) is 2.95. The van der Waals surface area contributed by atoms with Crippen molar-refractivity contribution in [2.75, 3.05) is 13.1 Å². The van der Waals surface area contributed by atoms with Crippen molar-refractivity contribution >= 4 is 27.8 Å². The predicted molar refractivity (Wildman–Crippen MR) is 119 cm³/mol. The van der Waals surface area contributed by atoms with E-state index in [1.165, 1.54) is 0 Å². The maximum atomic E-state index is 13.4. The second-order valence-corrected chi connectivity index (χ2v) is 8.40. The first kappa shape index (κ1) is 18.7. The standard InChI is InChI=1S/C24H26N4O2/c1-16(2)27-15-19(18-7-3-5-9-21(18)27)23(29)26-13-11-17(12-14-26)28-22-10-6-4-8-20(22)25-24(28)30/h3-10,15-17H,11-14H2,1-2H3,(H,25,30). The third-order valence-corrected chi connectivity index (χ3v) is 6.27. The molecule has 6 nitrogen and oxygen atoms in total. The molecule has 1 aliphatic rings. The summed E-state index contributed by atoms with van der Waals surface area (Å²) in [5.74, 6) is 0.0790. The number of nitrogens with one attached hydrogen (secondary N) is 1. The first-order chi connectivity index (χ1) is 14.5. The lowest BCUT2D eigenvalue weighted by Crippen LogP contribution is -2.40. The lowest BCUT2D eigenvalue weighted by Gasteiger charge is -2.32. The fourth-order valence-electron chi connectivity index (χ4n) is 4.74. The summed E-state index contributed by atoms with van der Waals surface area (Å²) in [4.78, 5) is 30.7. The molecule has 2 aromatic carbocycles. The molecule has 0 spiro atoms. The van der Waals surface area contributed by atoms with Crippen LogP contribution < -0.4 is 5.69 Å². The molecule has 5 rings (SSSR count). The zero-order valence-electron chi connectivity index (χ0n) is 17.3. The van der Waals surface area contributed by atoms with E-state index in [-0.39, 0.29) is 23.7 Å². The Labute approximate surface area is 174 Å². The van der Waals surface area contributed by atoms with Crippen molar-refractivity contribution in [3.8, 4) is 0 Å². The Hall–Kier alpha value is -3.28. The fraction of sp³-hybridized carbons (Fsp3) is 0.333. The van der Waals surface area contributed by atoms with E-state index in [9.17, 15) is 9.59 Å². The quantitative estimate of drug-likeness (QED) is 0.554. The number of carbonyl (C=O) groups is 1. The van der Waals surface area contributed by atoms with Gasteiger partial charge in [-0.2, -0.15) is 0 Å². The number of hydrogen-bond donors (Lipinski definition) is 1. The molecule has 0 radical (unpaired) electrons. The van der Waals surface area contributed by atoms with E-state index in [0.717, 1.165) is 40.3 Å². The van der Waals surface area contributed by atoms with Crippen LogP contribution in [0.5, 0.6) is 0 Å². The van der Waals surface area contributed by atoms with Crippen LogP contribution in [0.4, 0.5) is 0 Å². The monoisotopic (exact) mass is 402 g/mol. The van der Waals surface area contributed by atoms with Gasteiger partial charge in [-0.3, -0.25) is 9.36 Å². The average molecular weight is 402 g/mol. The van der Waals surface area contributed by atoms with Crippen LogP contribution >= 0.6 is 0 Å². The molecule has 1 N–H and O–H groups in total. The molecule has 0 aliphatic carbocycles. The Bertz CT molecular complexity index is 1290. The number of para-hydroxylation sites is 3. The minimum absolute atomic E-state index is 0.0685. The predicted octanol–water partition coefficient (Wildman–Crippen LogP) is 4.34. The number of hydrogen-bond acceptors (Lipinski definition) is 2. The van der Waals surface area contributed by atoms with Gasteiger partial charge in [0.05, 0.1) is 16.6 Å². The highest BCUT2D eigenvalue weighted by Gasteiger charge is 2.28. The van der Waals surface area contributed by atoms with E-state index in [2.05, 4.69) is 29.5 Å². The van der Waals surface area contributed by atoms with Crippen molar-refractivity contribution in [1.29, 1.82) is 0 Å². The number of rotatable bonds is 3. The van der Waals surface area contributed by atoms with Crippen LogP contribution in [0.25, 0.3) is 21.9 Å². The Morgan fingerprint density at radius 2 is 1.67 bits per heavy atom. The Balaban J connectivity index is 1.40. The van der Waals surface area contributed by atoms with Gasteiger partial charge in [-0.15, -0.1) is 0 Å². The van der Waals surface area contributed by atoms with Crippen LogP contribution in [0.3, 0.4) is 0 Å². The van der Waals surface area contributed by atoms with Gasteiger partial charge in [0.25, 0.3) is 5.91 Å². The molecule has 3 heterocycles. The van der Waals surface area contributed by atoms with Crippen molar-refractivity contribution in [3.05, 3.63) is 70.8 Å². The number of nitrogens with zero attached hydrogens (tertiary/aromatic N) is 3. The maximum Gasteiger partial charge on any atom is 0.326 e. The molecular formula is C24H26N4O2. The van der Waals surface area contributed by atoms with Crippen molar-refractivity contribution in [2.45, 2.75) is 38.8 Å². The number of amides is 1. The van der Waals surface area contributed by atoms with Crippen molar-refractivity contribution < 1.29 is 4.79 Å². The number of likely N-dealkylation sites (tertiary alicyclic amines) is 1. The molecule has 1 saturated heterocycles. The number of aromatic nitrogens is 3. The van der Waals surface area contributed by atoms with Crippen LogP contribution in [-0.4, -0.2) is 38.0 Å². The molecule has 4 aromatic rings. The maximum absolute atomic E-state index is 13.4. The van der Waals surface area contributed by atoms with Crippen molar-refractivity contribution in [2.24, 2.45) is 0 Å². The van der Waals surface area contributed by atoms with Crippen LogP contribution in [-0.2, 0) is 0 Å². The molecule has 0 unspecified atom stereocenters. The number of imidazole rings is 1. The van der Waals surface area contributed by atoms with Crippen LogP contribution in [0, 0.1) is 0 Å². The average Bonchev–Trinajstić information content (AvgIpc) is 3.31. The van der Waals surface area contributed by atoms with Crippen LogP contribution in [0.2, 0.25) is 0 Å². The smallest absolute Gasteiger partial charge is 0.326 e. The summed E-state index contributed by atoms with van der Waals surface area (Å²) in [5, 5.41) is 1.01. The minimum atomic E-state index is -0.0685. The van der Waals surface area contributed by atoms with Gasteiger partial charge >= 0.3 is 5.69 Å². The zero-order valence-corrected chi connectivity index (χ0v) is 17.3. The first-order valence-corrected chi connectivity index (χ1v) is 10.6. The number of H-pyrrole nitrogens is 1. The highest BCUT2D eigenvalue weighted by atomic mass is 16.2. The Morgan fingerprint density at radius 3 is 2.40 bits per heavy atom. The van der Waals surface area contributed by atoms with Gasteiger partial charge in [-0.25, -0.2) is 4.79 Å². The highest BCUT2D eigenvalue weighted by Crippen LogP contribution is 2.29. The van der Waals surface area contributed by atoms with Gasteiger partial charge in [0, 0.05) is 42.3 Å². The molecule has 0 bridgehead atoms. The van der Waals surface area contributed by atoms with Gasteiger partial charge < -0.3 is 14.5 Å². The molecule has 2 aromatic heterocycles. The number of fused-ring (bicyclic) bond motifs is 2. The number of piperidine rings is 1.